The Bertz CT molecular complexity index is 553. The largest absolute Gasteiger partial charge is 0.440 e. The fourth-order valence-electron chi connectivity index (χ4n) is 2.63. The quantitative estimate of drug-likeness (QED) is 0.424. The third kappa shape index (κ3) is 3.09. The number of nitrogens with two attached hydrogens (primary N) is 2. The van der Waals surface area contributed by atoms with Crippen molar-refractivity contribution in [1.29, 1.82) is 0 Å². The third-order valence-corrected chi connectivity index (χ3v) is 3.79. The van der Waals surface area contributed by atoms with Gasteiger partial charge in [-0.05, 0) is 12.1 Å². The van der Waals surface area contributed by atoms with Crippen LogP contribution in [0.3, 0.4) is 0 Å². The molecule has 0 aliphatic carbocycles. The van der Waals surface area contributed by atoms with Gasteiger partial charge in [0.25, 0.3) is 0 Å². The number of methoxy groups -OCH3 is 1. The molecule has 0 spiro atoms. The number of hydrogen-bond acceptors (Lipinski definition) is 8. The first kappa shape index (κ1) is 17.4. The summed E-state index contributed by atoms with van der Waals surface area (Å²) in [6.07, 6.45) is -6.88. The number of primary amides is 1. The monoisotopic (exact) mass is 328 g/mol. The number of aliphatic hydroxyl groups excluding tert-OH is 3. The highest BCUT2D eigenvalue weighted by Gasteiger charge is 2.57. The van der Waals surface area contributed by atoms with Crippen LogP contribution in [0.5, 0.6) is 0 Å². The first-order valence-electron chi connectivity index (χ1n) is 6.87. The molecule has 9 nitrogen and oxygen atoms in total. The summed E-state index contributed by atoms with van der Waals surface area (Å²) in [5.74, 6) is -1.78. The van der Waals surface area contributed by atoms with Crippen molar-refractivity contribution in [2.75, 3.05) is 19.5 Å². The molecule has 1 amide bonds. The number of rotatable bonds is 4. The second kappa shape index (κ2) is 6.69. The van der Waals surface area contributed by atoms with Crippen LogP contribution in [-0.2, 0) is 20.0 Å². The van der Waals surface area contributed by atoms with Gasteiger partial charge in [0.05, 0.1) is 6.61 Å². The predicted octanol–water partition coefficient (Wildman–Crippen LogP) is -1.36. The van der Waals surface area contributed by atoms with Crippen LogP contribution in [-0.4, -0.2) is 59.5 Å². The van der Waals surface area contributed by atoms with E-state index >= 15 is 0 Å². The molecule has 0 saturated carbocycles. The van der Waals surface area contributed by atoms with Gasteiger partial charge in [-0.1, -0.05) is 12.1 Å². The first-order valence-corrected chi connectivity index (χ1v) is 6.87. The van der Waals surface area contributed by atoms with Crippen LogP contribution in [0.4, 0.5) is 10.5 Å². The molecule has 1 heterocycles. The summed E-state index contributed by atoms with van der Waals surface area (Å²) in [5, 5.41) is 30.1. The molecular weight excluding hydrogens is 308 g/mol. The number of carbonyl (C=O) groups is 1. The van der Waals surface area contributed by atoms with E-state index in [0.717, 1.165) is 0 Å². The summed E-state index contributed by atoms with van der Waals surface area (Å²) in [5.41, 5.74) is 11.5. The van der Waals surface area contributed by atoms with Crippen molar-refractivity contribution < 1.29 is 34.3 Å². The zero-order valence-corrected chi connectivity index (χ0v) is 12.5. The lowest BCUT2D eigenvalue weighted by Gasteiger charge is -2.48. The van der Waals surface area contributed by atoms with Gasteiger partial charge in [-0.2, -0.15) is 0 Å². The maximum atomic E-state index is 11.1. The number of benzene rings is 1. The third-order valence-electron chi connectivity index (χ3n) is 3.79. The Morgan fingerprint density at radius 1 is 1.35 bits per heavy atom. The molecule has 1 aromatic rings. The fourth-order valence-corrected chi connectivity index (χ4v) is 2.63. The molecule has 0 unspecified atom stereocenters. The highest BCUT2D eigenvalue weighted by Crippen LogP contribution is 2.40. The van der Waals surface area contributed by atoms with Gasteiger partial charge in [0.2, 0.25) is 5.79 Å². The number of amides is 1. The molecule has 1 saturated heterocycles. The van der Waals surface area contributed by atoms with Crippen molar-refractivity contribution in [3.8, 4) is 0 Å². The Morgan fingerprint density at radius 2 is 1.96 bits per heavy atom. The molecule has 5 atom stereocenters. The van der Waals surface area contributed by atoms with Crippen LogP contribution in [0.15, 0.2) is 24.3 Å². The molecule has 1 aliphatic heterocycles. The van der Waals surface area contributed by atoms with Crippen molar-refractivity contribution in [3.63, 3.8) is 0 Å². The molecule has 23 heavy (non-hydrogen) atoms. The van der Waals surface area contributed by atoms with E-state index in [1.165, 1.54) is 7.11 Å². The molecule has 0 bridgehead atoms. The van der Waals surface area contributed by atoms with Gasteiger partial charge in [0.15, 0.2) is 12.2 Å². The lowest BCUT2D eigenvalue weighted by Crippen LogP contribution is -2.65. The lowest BCUT2D eigenvalue weighted by molar-refractivity contribution is -0.365. The summed E-state index contributed by atoms with van der Waals surface area (Å²) in [6, 6.07) is 6.23. The maximum Gasteiger partial charge on any atom is 0.404 e. The van der Waals surface area contributed by atoms with E-state index in [2.05, 4.69) is 0 Å². The van der Waals surface area contributed by atoms with Gasteiger partial charge in [0, 0.05) is 18.4 Å². The van der Waals surface area contributed by atoms with Crippen molar-refractivity contribution in [2.24, 2.45) is 5.73 Å². The number of carbonyl (C=O) groups excluding carboxylic acids is 1. The average molecular weight is 328 g/mol. The minimum Gasteiger partial charge on any atom is -0.440 e. The Morgan fingerprint density at radius 3 is 2.43 bits per heavy atom. The lowest BCUT2D eigenvalue weighted by atomic mass is 9.87. The molecule has 7 N–H and O–H groups in total. The molecule has 0 aromatic heterocycles. The van der Waals surface area contributed by atoms with Crippen LogP contribution >= 0.6 is 0 Å². The van der Waals surface area contributed by atoms with Crippen LogP contribution in [0.2, 0.25) is 0 Å². The topological polar surface area (TPSA) is 157 Å². The van der Waals surface area contributed by atoms with Gasteiger partial charge in [-0.15, -0.1) is 0 Å². The molecular formula is C14H20N2O7. The summed E-state index contributed by atoms with van der Waals surface area (Å²) in [7, 11) is 1.27. The number of nitrogen functional groups attached to an aromatic ring is 1. The van der Waals surface area contributed by atoms with Crippen molar-refractivity contribution in [1.82, 2.24) is 0 Å². The van der Waals surface area contributed by atoms with Crippen molar-refractivity contribution in [3.05, 3.63) is 29.8 Å². The van der Waals surface area contributed by atoms with Crippen molar-refractivity contribution >= 4 is 11.8 Å². The molecule has 1 aromatic carbocycles. The minimum absolute atomic E-state index is 0.366. The van der Waals surface area contributed by atoms with E-state index in [-0.39, 0.29) is 0 Å². The Balaban J connectivity index is 2.47. The average Bonchev–Trinajstić information content (AvgIpc) is 2.53. The highest BCUT2D eigenvalue weighted by atomic mass is 16.7. The SMILES string of the molecule is CO[C@@]1(c2ccc(N)cc2)O[C@H](CO)[C@@H](O)[C@H](OC(N)=O)[C@@H]1O. The van der Waals surface area contributed by atoms with Gasteiger partial charge >= 0.3 is 6.09 Å². The van der Waals surface area contributed by atoms with E-state index in [0.29, 0.717) is 11.3 Å². The van der Waals surface area contributed by atoms with E-state index in [1.807, 2.05) is 0 Å². The molecule has 2 rings (SSSR count). The molecule has 1 fully saturated rings. The number of hydrogen-bond donors (Lipinski definition) is 5. The summed E-state index contributed by atoms with van der Waals surface area (Å²) < 4.78 is 15.7. The second-order valence-corrected chi connectivity index (χ2v) is 5.17. The van der Waals surface area contributed by atoms with Crippen molar-refractivity contribution in [2.45, 2.75) is 30.2 Å². The Hall–Kier alpha value is -1.91. The second-order valence-electron chi connectivity index (χ2n) is 5.17. The Labute approximate surface area is 132 Å². The normalized spacial score (nSPS) is 34.1. The zero-order chi connectivity index (χ0) is 17.2. The maximum absolute atomic E-state index is 11.1. The summed E-state index contributed by atoms with van der Waals surface area (Å²) in [4.78, 5) is 11.1. The Kier molecular flexibility index (Phi) is 5.07. The number of anilines is 1. The van der Waals surface area contributed by atoms with Crippen LogP contribution in [0.25, 0.3) is 0 Å². The van der Waals surface area contributed by atoms with E-state index in [4.69, 9.17) is 25.7 Å². The van der Waals surface area contributed by atoms with E-state index < -0.39 is 42.9 Å². The van der Waals surface area contributed by atoms with Gasteiger partial charge in [0.1, 0.15) is 12.2 Å². The number of ether oxygens (including phenoxy) is 3. The number of aliphatic hydroxyl groups is 3. The molecule has 128 valence electrons. The van der Waals surface area contributed by atoms with Crippen LogP contribution in [0, 0.1) is 0 Å². The van der Waals surface area contributed by atoms with Crippen LogP contribution < -0.4 is 11.5 Å². The summed E-state index contributed by atoms with van der Waals surface area (Å²) >= 11 is 0. The van der Waals surface area contributed by atoms with E-state index in [1.54, 1.807) is 24.3 Å². The highest BCUT2D eigenvalue weighted by molar-refractivity contribution is 5.65. The van der Waals surface area contributed by atoms with E-state index in [9.17, 15) is 20.1 Å². The minimum atomic E-state index is -1.78. The smallest absolute Gasteiger partial charge is 0.404 e. The first-order chi connectivity index (χ1) is 10.9. The molecule has 0 radical (unpaired) electrons. The molecule has 1 aliphatic rings. The summed E-state index contributed by atoms with van der Waals surface area (Å²) in [6.45, 7) is -0.591. The standard InChI is InChI=1S/C14H20N2O7/c1-21-14(7-2-4-8(15)5-3-7)12(19)11(22-13(16)20)10(18)9(6-17)23-14/h2-5,9-12,17-19H,6,15H2,1H3,(H2,16,20)/t9-,10-,11+,12+,14+/m1/s1. The van der Waals surface area contributed by atoms with Gasteiger partial charge in [-0.3, -0.25) is 0 Å². The molecule has 9 heteroatoms. The predicted molar refractivity (Wildman–Crippen MR) is 78.0 cm³/mol. The van der Waals surface area contributed by atoms with Gasteiger partial charge in [-0.25, -0.2) is 4.79 Å². The van der Waals surface area contributed by atoms with Gasteiger partial charge < -0.3 is 41.0 Å². The van der Waals surface area contributed by atoms with Crippen LogP contribution in [0.1, 0.15) is 5.56 Å². The zero-order valence-electron chi connectivity index (χ0n) is 12.5. The fraction of sp³-hybridized carbons (Fsp3) is 0.500.